The SMILES string of the molecule is CCc1nn(C)c(CC(NN)c2c(Cl)cccc2Cl)c1Cl. The van der Waals surface area contributed by atoms with E-state index in [0.29, 0.717) is 21.5 Å². The molecule has 114 valence electrons. The molecule has 1 aromatic heterocycles. The van der Waals surface area contributed by atoms with Crippen LogP contribution in [0.15, 0.2) is 18.2 Å². The zero-order chi connectivity index (χ0) is 15.6. The minimum Gasteiger partial charge on any atom is -0.271 e. The Morgan fingerprint density at radius 2 is 1.90 bits per heavy atom. The van der Waals surface area contributed by atoms with Gasteiger partial charge in [-0.25, -0.2) is 0 Å². The molecule has 2 aromatic rings. The Bertz CT molecular complexity index is 619. The number of nitrogens with one attached hydrogen (secondary N) is 1. The predicted octanol–water partition coefficient (Wildman–Crippen LogP) is 3.69. The highest BCUT2D eigenvalue weighted by molar-refractivity contribution is 6.36. The fourth-order valence-corrected chi connectivity index (χ4v) is 3.35. The first kappa shape index (κ1) is 16.6. The van der Waals surface area contributed by atoms with Crippen LogP contribution in [0.25, 0.3) is 0 Å². The summed E-state index contributed by atoms with van der Waals surface area (Å²) in [6.07, 6.45) is 1.32. The maximum absolute atomic E-state index is 6.38. The van der Waals surface area contributed by atoms with Crippen molar-refractivity contribution in [1.29, 1.82) is 0 Å². The smallest absolute Gasteiger partial charge is 0.0850 e. The number of hydrogen-bond donors (Lipinski definition) is 2. The van der Waals surface area contributed by atoms with Crippen molar-refractivity contribution in [2.75, 3.05) is 0 Å². The first-order valence-electron chi connectivity index (χ1n) is 6.59. The molecule has 1 heterocycles. The van der Waals surface area contributed by atoms with Crippen LogP contribution in [-0.2, 0) is 19.9 Å². The molecule has 2 rings (SSSR count). The quantitative estimate of drug-likeness (QED) is 0.640. The molecular weight excluding hydrogens is 331 g/mol. The third-order valence-corrected chi connectivity index (χ3v) is 4.55. The van der Waals surface area contributed by atoms with Crippen LogP contribution in [0, 0.1) is 0 Å². The Balaban J connectivity index is 2.38. The topological polar surface area (TPSA) is 55.9 Å². The average Bonchev–Trinajstić information content (AvgIpc) is 2.72. The Morgan fingerprint density at radius 1 is 1.29 bits per heavy atom. The van der Waals surface area contributed by atoms with E-state index in [0.717, 1.165) is 23.4 Å². The van der Waals surface area contributed by atoms with E-state index in [1.807, 2.05) is 14.0 Å². The van der Waals surface area contributed by atoms with Crippen molar-refractivity contribution < 1.29 is 0 Å². The first-order valence-corrected chi connectivity index (χ1v) is 7.73. The highest BCUT2D eigenvalue weighted by Gasteiger charge is 2.22. The predicted molar refractivity (Wildman–Crippen MR) is 87.8 cm³/mol. The summed E-state index contributed by atoms with van der Waals surface area (Å²) in [6.45, 7) is 2.02. The van der Waals surface area contributed by atoms with Crippen LogP contribution in [0.3, 0.4) is 0 Å². The second-order valence-corrected chi connectivity index (χ2v) is 5.94. The number of rotatable bonds is 5. The number of aromatic nitrogens is 2. The summed E-state index contributed by atoms with van der Waals surface area (Å²) in [5.74, 6) is 5.69. The first-order chi connectivity index (χ1) is 9.99. The standard InChI is InChI=1S/C14H17Cl3N4/c1-3-10-14(17)12(21(2)20-10)7-11(19-18)13-8(15)5-4-6-9(13)16/h4-6,11,19H,3,7,18H2,1-2H3. The number of hydrogen-bond acceptors (Lipinski definition) is 3. The van der Waals surface area contributed by atoms with Crippen molar-refractivity contribution in [2.24, 2.45) is 12.9 Å². The van der Waals surface area contributed by atoms with E-state index in [1.54, 1.807) is 22.9 Å². The molecule has 0 aliphatic heterocycles. The minimum atomic E-state index is -0.246. The van der Waals surface area contributed by atoms with Crippen molar-refractivity contribution in [3.05, 3.63) is 50.2 Å². The van der Waals surface area contributed by atoms with E-state index in [9.17, 15) is 0 Å². The molecule has 0 bridgehead atoms. The van der Waals surface area contributed by atoms with Gasteiger partial charge in [-0.15, -0.1) is 0 Å². The van der Waals surface area contributed by atoms with Gasteiger partial charge >= 0.3 is 0 Å². The van der Waals surface area contributed by atoms with Gasteiger partial charge in [0.1, 0.15) is 0 Å². The molecule has 0 aliphatic rings. The van der Waals surface area contributed by atoms with E-state index >= 15 is 0 Å². The van der Waals surface area contributed by atoms with Crippen molar-refractivity contribution in [3.63, 3.8) is 0 Å². The molecule has 0 fully saturated rings. The molecule has 1 aromatic carbocycles. The lowest BCUT2D eigenvalue weighted by Crippen LogP contribution is -2.30. The number of nitrogens with zero attached hydrogens (tertiary/aromatic N) is 2. The molecular formula is C14H17Cl3N4. The van der Waals surface area contributed by atoms with Crippen molar-refractivity contribution in [3.8, 4) is 0 Å². The summed E-state index contributed by atoms with van der Waals surface area (Å²) >= 11 is 18.9. The van der Waals surface area contributed by atoms with Gasteiger partial charge in [0.2, 0.25) is 0 Å². The van der Waals surface area contributed by atoms with E-state index in [-0.39, 0.29) is 6.04 Å². The highest BCUT2D eigenvalue weighted by atomic mass is 35.5. The lowest BCUT2D eigenvalue weighted by atomic mass is 10.0. The summed E-state index contributed by atoms with van der Waals surface area (Å²) in [6, 6.07) is 5.13. The number of halogens is 3. The van der Waals surface area contributed by atoms with Gasteiger partial charge < -0.3 is 0 Å². The van der Waals surface area contributed by atoms with Gasteiger partial charge in [-0.2, -0.15) is 5.10 Å². The molecule has 4 nitrogen and oxygen atoms in total. The molecule has 0 saturated heterocycles. The van der Waals surface area contributed by atoms with Gasteiger partial charge in [-0.3, -0.25) is 16.0 Å². The van der Waals surface area contributed by atoms with Crippen LogP contribution in [0.1, 0.15) is 29.9 Å². The molecule has 0 amide bonds. The Labute approximate surface area is 139 Å². The largest absolute Gasteiger partial charge is 0.271 e. The number of benzene rings is 1. The third kappa shape index (κ3) is 3.35. The Kier molecular flexibility index (Phi) is 5.52. The van der Waals surface area contributed by atoms with Gasteiger partial charge in [0.05, 0.1) is 22.5 Å². The van der Waals surface area contributed by atoms with Gasteiger partial charge in [0.25, 0.3) is 0 Å². The molecule has 0 radical (unpaired) electrons. The van der Waals surface area contributed by atoms with Gasteiger partial charge in [-0.1, -0.05) is 47.8 Å². The number of aryl methyl sites for hydroxylation is 2. The molecule has 1 atom stereocenters. The van der Waals surface area contributed by atoms with Crippen LogP contribution in [0.4, 0.5) is 0 Å². The third-order valence-electron chi connectivity index (χ3n) is 3.45. The highest BCUT2D eigenvalue weighted by Crippen LogP contribution is 2.33. The van der Waals surface area contributed by atoms with Crippen molar-refractivity contribution >= 4 is 34.8 Å². The van der Waals surface area contributed by atoms with Crippen LogP contribution < -0.4 is 11.3 Å². The fraction of sp³-hybridized carbons (Fsp3) is 0.357. The van der Waals surface area contributed by atoms with Crippen molar-refractivity contribution in [1.82, 2.24) is 15.2 Å². The number of nitrogens with two attached hydrogens (primary N) is 1. The second kappa shape index (κ2) is 6.99. The summed E-state index contributed by atoms with van der Waals surface area (Å²) in [7, 11) is 1.86. The molecule has 0 spiro atoms. The van der Waals surface area contributed by atoms with Crippen LogP contribution in [0.2, 0.25) is 15.1 Å². The van der Waals surface area contributed by atoms with Crippen molar-refractivity contribution in [2.45, 2.75) is 25.8 Å². The van der Waals surface area contributed by atoms with Crippen LogP contribution >= 0.6 is 34.8 Å². The average molecular weight is 348 g/mol. The maximum Gasteiger partial charge on any atom is 0.0850 e. The van der Waals surface area contributed by atoms with Gasteiger partial charge in [0.15, 0.2) is 0 Å². The lowest BCUT2D eigenvalue weighted by Gasteiger charge is -2.19. The molecule has 0 aliphatic carbocycles. The molecule has 0 saturated carbocycles. The van der Waals surface area contributed by atoms with Gasteiger partial charge in [0, 0.05) is 29.1 Å². The van der Waals surface area contributed by atoms with E-state index in [1.165, 1.54) is 0 Å². The summed E-state index contributed by atoms with van der Waals surface area (Å²) in [5, 5.41) is 6.21. The Hall–Kier alpha value is -0.780. The zero-order valence-corrected chi connectivity index (χ0v) is 14.1. The van der Waals surface area contributed by atoms with E-state index in [2.05, 4.69) is 10.5 Å². The molecule has 21 heavy (non-hydrogen) atoms. The molecule has 7 heteroatoms. The summed E-state index contributed by atoms with van der Waals surface area (Å²) in [5.41, 5.74) is 5.29. The normalized spacial score (nSPS) is 12.7. The molecule has 3 N–H and O–H groups in total. The van der Waals surface area contributed by atoms with Crippen LogP contribution in [0.5, 0.6) is 0 Å². The summed E-state index contributed by atoms with van der Waals surface area (Å²) < 4.78 is 1.77. The maximum atomic E-state index is 6.38. The van der Waals surface area contributed by atoms with Gasteiger partial charge in [-0.05, 0) is 18.6 Å². The van der Waals surface area contributed by atoms with E-state index < -0.39 is 0 Å². The lowest BCUT2D eigenvalue weighted by molar-refractivity contribution is 0.530. The minimum absolute atomic E-state index is 0.246. The number of hydrazine groups is 1. The Morgan fingerprint density at radius 3 is 2.38 bits per heavy atom. The van der Waals surface area contributed by atoms with Crippen LogP contribution in [-0.4, -0.2) is 9.78 Å². The monoisotopic (exact) mass is 346 g/mol. The zero-order valence-electron chi connectivity index (χ0n) is 11.8. The second-order valence-electron chi connectivity index (χ2n) is 4.74. The summed E-state index contributed by atoms with van der Waals surface area (Å²) in [4.78, 5) is 0. The fourth-order valence-electron chi connectivity index (χ4n) is 2.32. The van der Waals surface area contributed by atoms with E-state index in [4.69, 9.17) is 40.6 Å². The molecule has 1 unspecified atom stereocenters.